The molecule has 0 bridgehead atoms. The summed E-state index contributed by atoms with van der Waals surface area (Å²) in [6.07, 6.45) is 0. The molecule has 1 amide bonds. The minimum Gasteiger partial charge on any atom is -0.389 e. The Hall–Kier alpha value is -1.84. The van der Waals surface area contributed by atoms with E-state index in [1.54, 1.807) is 6.07 Å². The number of hydrogen-bond acceptors (Lipinski definition) is 6. The maximum absolute atomic E-state index is 12.8. The van der Waals surface area contributed by atoms with Gasteiger partial charge in [0.25, 0.3) is 5.91 Å². The van der Waals surface area contributed by atoms with Crippen molar-refractivity contribution in [3.8, 4) is 0 Å². The van der Waals surface area contributed by atoms with Crippen molar-refractivity contribution in [2.75, 3.05) is 32.6 Å². The number of rotatable bonds is 8. The fourth-order valence-electron chi connectivity index (χ4n) is 2.65. The van der Waals surface area contributed by atoms with Crippen molar-refractivity contribution < 1.29 is 14.6 Å². The van der Waals surface area contributed by atoms with Crippen LogP contribution in [0.1, 0.15) is 20.9 Å². The van der Waals surface area contributed by atoms with Crippen molar-refractivity contribution in [3.05, 3.63) is 57.0 Å². The molecular weight excluding hydrogens is 442 g/mol. The molecule has 0 aliphatic heterocycles. The molecule has 3 rings (SSSR count). The molecule has 0 aliphatic carbocycles. The standard InChI is InChI=1S/C20H22BrN3O3S/c1-24(2)7-8-27-12-13-9-14(21)3-5-16(13)20(26)22-15-4-6-18-17(10-15)23-19(11-25)28-18/h3-6,9-10,25H,7-8,11-12H2,1-2H3,(H,22,26). The van der Waals surface area contributed by atoms with Crippen LogP contribution in [0.25, 0.3) is 10.2 Å². The minimum atomic E-state index is -0.198. The first kappa shape index (κ1) is 20.9. The summed E-state index contributed by atoms with van der Waals surface area (Å²) in [6, 6.07) is 11.1. The molecule has 148 valence electrons. The number of nitrogens with one attached hydrogen (secondary N) is 1. The number of aliphatic hydroxyl groups is 1. The minimum absolute atomic E-state index is 0.0862. The molecule has 6 nitrogen and oxygen atoms in total. The molecule has 2 N–H and O–H groups in total. The van der Waals surface area contributed by atoms with Gasteiger partial charge >= 0.3 is 0 Å². The number of anilines is 1. The summed E-state index contributed by atoms with van der Waals surface area (Å²) in [6.45, 7) is 1.69. The van der Waals surface area contributed by atoms with Crippen molar-refractivity contribution in [1.29, 1.82) is 0 Å². The van der Waals surface area contributed by atoms with E-state index in [1.165, 1.54) is 11.3 Å². The Kier molecular flexibility index (Phi) is 7.14. The third-order valence-electron chi connectivity index (χ3n) is 4.08. The smallest absolute Gasteiger partial charge is 0.256 e. The van der Waals surface area contributed by atoms with Gasteiger partial charge in [0, 0.05) is 22.3 Å². The van der Waals surface area contributed by atoms with Gasteiger partial charge < -0.3 is 20.1 Å². The highest BCUT2D eigenvalue weighted by atomic mass is 79.9. The second-order valence-corrected chi connectivity index (χ2v) is 8.59. The summed E-state index contributed by atoms with van der Waals surface area (Å²) in [4.78, 5) is 19.2. The predicted molar refractivity (Wildman–Crippen MR) is 116 cm³/mol. The highest BCUT2D eigenvalue weighted by Crippen LogP contribution is 2.26. The van der Waals surface area contributed by atoms with Gasteiger partial charge in [0.15, 0.2) is 0 Å². The first-order chi connectivity index (χ1) is 13.5. The van der Waals surface area contributed by atoms with Gasteiger partial charge in [-0.2, -0.15) is 0 Å². The Morgan fingerprint density at radius 3 is 2.86 bits per heavy atom. The highest BCUT2D eigenvalue weighted by Gasteiger charge is 2.13. The second-order valence-electron chi connectivity index (χ2n) is 6.56. The van der Waals surface area contributed by atoms with Gasteiger partial charge in [-0.25, -0.2) is 4.98 Å². The van der Waals surface area contributed by atoms with E-state index in [9.17, 15) is 9.90 Å². The Labute approximate surface area is 176 Å². The van der Waals surface area contributed by atoms with E-state index in [0.29, 0.717) is 29.5 Å². The Bertz CT molecular complexity index is 974. The van der Waals surface area contributed by atoms with E-state index >= 15 is 0 Å². The molecule has 1 aromatic heterocycles. The van der Waals surface area contributed by atoms with Crippen LogP contribution in [0.2, 0.25) is 0 Å². The molecule has 8 heteroatoms. The van der Waals surface area contributed by atoms with Crippen molar-refractivity contribution in [2.24, 2.45) is 0 Å². The van der Waals surface area contributed by atoms with E-state index in [4.69, 9.17) is 4.74 Å². The summed E-state index contributed by atoms with van der Waals surface area (Å²) in [7, 11) is 3.98. The molecule has 0 saturated heterocycles. The van der Waals surface area contributed by atoms with E-state index in [-0.39, 0.29) is 12.5 Å². The number of amides is 1. The third kappa shape index (κ3) is 5.36. The summed E-state index contributed by atoms with van der Waals surface area (Å²) >= 11 is 4.90. The van der Waals surface area contributed by atoms with Crippen LogP contribution in [0.5, 0.6) is 0 Å². The number of carbonyl (C=O) groups excluding carboxylic acids is 1. The van der Waals surface area contributed by atoms with Crippen LogP contribution in [-0.2, 0) is 18.0 Å². The number of aromatic nitrogens is 1. The quantitative estimate of drug-likeness (QED) is 0.495. The molecule has 0 atom stereocenters. The number of likely N-dealkylation sites (N-methyl/N-ethyl adjacent to an activating group) is 1. The van der Waals surface area contributed by atoms with Crippen LogP contribution < -0.4 is 5.32 Å². The van der Waals surface area contributed by atoms with Crippen molar-refractivity contribution in [3.63, 3.8) is 0 Å². The molecule has 1 heterocycles. The normalized spacial score (nSPS) is 11.3. The SMILES string of the molecule is CN(C)CCOCc1cc(Br)ccc1C(=O)Nc1ccc2sc(CO)nc2c1. The number of benzene rings is 2. The molecule has 3 aromatic rings. The average Bonchev–Trinajstić information content (AvgIpc) is 3.07. The largest absolute Gasteiger partial charge is 0.389 e. The molecule has 28 heavy (non-hydrogen) atoms. The number of fused-ring (bicyclic) bond motifs is 1. The lowest BCUT2D eigenvalue weighted by atomic mass is 10.1. The van der Waals surface area contributed by atoms with E-state index in [2.05, 4.69) is 26.2 Å². The van der Waals surface area contributed by atoms with Gasteiger partial charge in [0.1, 0.15) is 5.01 Å². The van der Waals surface area contributed by atoms with Gasteiger partial charge in [-0.3, -0.25) is 4.79 Å². The first-order valence-electron chi connectivity index (χ1n) is 8.79. The summed E-state index contributed by atoms with van der Waals surface area (Å²) in [5, 5.41) is 12.8. The lowest BCUT2D eigenvalue weighted by Gasteiger charge is -2.13. The summed E-state index contributed by atoms with van der Waals surface area (Å²) in [5.41, 5.74) is 2.81. The lowest BCUT2D eigenvalue weighted by molar-refractivity contribution is 0.0979. The van der Waals surface area contributed by atoms with Crippen LogP contribution in [0.3, 0.4) is 0 Å². The third-order valence-corrected chi connectivity index (χ3v) is 5.59. The van der Waals surface area contributed by atoms with E-state index < -0.39 is 0 Å². The number of carbonyl (C=O) groups is 1. The number of hydrogen-bond donors (Lipinski definition) is 2. The monoisotopic (exact) mass is 463 g/mol. The molecule has 2 aromatic carbocycles. The topological polar surface area (TPSA) is 74.7 Å². The van der Waals surface area contributed by atoms with Crippen molar-refractivity contribution in [2.45, 2.75) is 13.2 Å². The van der Waals surface area contributed by atoms with Crippen LogP contribution >= 0.6 is 27.3 Å². The summed E-state index contributed by atoms with van der Waals surface area (Å²) in [5.74, 6) is -0.198. The number of aliphatic hydroxyl groups excluding tert-OH is 1. The van der Waals surface area contributed by atoms with Gasteiger partial charge in [0.2, 0.25) is 0 Å². The molecule has 0 spiro atoms. The van der Waals surface area contributed by atoms with Crippen molar-refractivity contribution >= 4 is 49.1 Å². The first-order valence-corrected chi connectivity index (χ1v) is 10.4. The highest BCUT2D eigenvalue weighted by molar-refractivity contribution is 9.10. The van der Waals surface area contributed by atoms with Crippen molar-refractivity contribution in [1.82, 2.24) is 9.88 Å². The Morgan fingerprint density at radius 2 is 2.11 bits per heavy atom. The summed E-state index contributed by atoms with van der Waals surface area (Å²) < 4.78 is 7.60. The van der Waals surface area contributed by atoms with Crippen LogP contribution in [0.15, 0.2) is 40.9 Å². The molecule has 0 saturated carbocycles. The maximum Gasteiger partial charge on any atom is 0.256 e. The number of ether oxygens (including phenoxy) is 1. The fourth-order valence-corrected chi connectivity index (χ4v) is 3.87. The Balaban J connectivity index is 1.74. The van der Waals surface area contributed by atoms with E-state index in [0.717, 1.165) is 26.8 Å². The average molecular weight is 464 g/mol. The molecule has 0 radical (unpaired) electrons. The second kappa shape index (κ2) is 9.58. The van der Waals surface area contributed by atoms with Crippen LogP contribution in [-0.4, -0.2) is 48.1 Å². The van der Waals surface area contributed by atoms with Gasteiger partial charge in [-0.15, -0.1) is 11.3 Å². The van der Waals surface area contributed by atoms with Crippen LogP contribution in [0, 0.1) is 0 Å². The zero-order valence-electron chi connectivity index (χ0n) is 15.7. The maximum atomic E-state index is 12.8. The zero-order chi connectivity index (χ0) is 20.1. The van der Waals surface area contributed by atoms with Gasteiger partial charge in [0.05, 0.1) is 30.0 Å². The zero-order valence-corrected chi connectivity index (χ0v) is 18.1. The lowest BCUT2D eigenvalue weighted by Crippen LogP contribution is -2.19. The van der Waals surface area contributed by atoms with E-state index in [1.807, 2.05) is 49.3 Å². The molecule has 0 aliphatic rings. The number of halogens is 1. The van der Waals surface area contributed by atoms with Gasteiger partial charge in [-0.05, 0) is 56.1 Å². The fraction of sp³-hybridized carbons (Fsp3) is 0.300. The number of thiazole rings is 1. The Morgan fingerprint density at radius 1 is 1.29 bits per heavy atom. The molecular formula is C20H22BrN3O3S. The number of nitrogens with zero attached hydrogens (tertiary/aromatic N) is 2. The molecule has 0 fully saturated rings. The predicted octanol–water partition coefficient (Wildman–Crippen LogP) is 3.88. The van der Waals surface area contributed by atoms with Gasteiger partial charge in [-0.1, -0.05) is 15.9 Å². The van der Waals surface area contributed by atoms with Crippen LogP contribution in [0.4, 0.5) is 5.69 Å². The molecule has 0 unspecified atom stereocenters.